The molecule has 0 aliphatic rings. The lowest BCUT2D eigenvalue weighted by molar-refractivity contribution is -0.118. The second-order valence-corrected chi connectivity index (χ2v) is 3.62. The van der Waals surface area contributed by atoms with Crippen LogP contribution in [0.3, 0.4) is 0 Å². The molecule has 0 spiro atoms. The number of hydrogen-bond donors (Lipinski definition) is 1. The van der Waals surface area contributed by atoms with Gasteiger partial charge in [0.2, 0.25) is 5.91 Å². The van der Waals surface area contributed by atoms with Crippen LogP contribution in [0, 0.1) is 0 Å². The highest BCUT2D eigenvalue weighted by Gasteiger charge is 2.10. The summed E-state index contributed by atoms with van der Waals surface area (Å²) in [7, 11) is 1.33. The predicted molar refractivity (Wildman–Crippen MR) is 63.4 cm³/mol. The molecule has 0 saturated carbocycles. The van der Waals surface area contributed by atoms with Gasteiger partial charge in [0.15, 0.2) is 0 Å². The Morgan fingerprint density at radius 1 is 1.38 bits per heavy atom. The van der Waals surface area contributed by atoms with Crippen LogP contribution >= 0.6 is 15.9 Å². The van der Waals surface area contributed by atoms with Gasteiger partial charge in [0.25, 0.3) is 0 Å². The Morgan fingerprint density at radius 2 is 2.06 bits per heavy atom. The molecule has 1 aromatic carbocycles. The first kappa shape index (κ1) is 12.7. The van der Waals surface area contributed by atoms with Gasteiger partial charge >= 0.3 is 5.97 Å². The van der Waals surface area contributed by atoms with E-state index in [2.05, 4.69) is 26.0 Å². The molecule has 0 saturated heterocycles. The summed E-state index contributed by atoms with van der Waals surface area (Å²) in [4.78, 5) is 22.5. The molecule has 0 heterocycles. The molecule has 0 aliphatic heterocycles. The number of esters is 1. The Labute approximate surface area is 102 Å². The third-order valence-corrected chi connectivity index (χ3v) is 2.53. The average molecular weight is 286 g/mol. The van der Waals surface area contributed by atoms with Crippen LogP contribution in [-0.2, 0) is 16.1 Å². The molecule has 5 heteroatoms. The van der Waals surface area contributed by atoms with E-state index in [9.17, 15) is 9.59 Å². The van der Waals surface area contributed by atoms with Crippen LogP contribution in [0.5, 0.6) is 0 Å². The number of hydrogen-bond acceptors (Lipinski definition) is 3. The largest absolute Gasteiger partial charge is 0.465 e. The Balaban J connectivity index is 2.79. The number of rotatable bonds is 4. The second kappa shape index (κ2) is 6.27. The summed E-state index contributed by atoms with van der Waals surface area (Å²) in [6, 6.07) is 7.01. The summed E-state index contributed by atoms with van der Waals surface area (Å²) in [5, 5.41) is 2.92. The molecule has 1 rings (SSSR count). The Morgan fingerprint density at radius 3 is 2.69 bits per heavy atom. The van der Waals surface area contributed by atoms with E-state index in [0.717, 1.165) is 5.56 Å². The predicted octanol–water partition coefficient (Wildman–Crippen LogP) is 1.48. The van der Waals surface area contributed by atoms with Crippen LogP contribution in [0.25, 0.3) is 0 Å². The van der Waals surface area contributed by atoms with Gasteiger partial charge in [0, 0.05) is 6.54 Å². The molecule has 1 aromatic rings. The number of alkyl halides is 1. The molecule has 0 fully saturated rings. The number of halogens is 1. The molecule has 1 amide bonds. The number of carbonyl (C=O) groups excluding carboxylic acids is 2. The summed E-state index contributed by atoms with van der Waals surface area (Å²) in [5.74, 6) is -0.525. The lowest BCUT2D eigenvalue weighted by atomic mass is 10.1. The van der Waals surface area contributed by atoms with Gasteiger partial charge < -0.3 is 10.1 Å². The van der Waals surface area contributed by atoms with Crippen LogP contribution in [0.1, 0.15) is 15.9 Å². The van der Waals surface area contributed by atoms with Crippen molar-refractivity contribution in [2.24, 2.45) is 0 Å². The van der Waals surface area contributed by atoms with Gasteiger partial charge in [-0.25, -0.2) is 4.79 Å². The van der Waals surface area contributed by atoms with Crippen molar-refractivity contribution in [3.8, 4) is 0 Å². The minimum atomic E-state index is -0.399. The van der Waals surface area contributed by atoms with Crippen LogP contribution in [-0.4, -0.2) is 24.3 Å². The van der Waals surface area contributed by atoms with E-state index in [4.69, 9.17) is 0 Å². The van der Waals surface area contributed by atoms with Gasteiger partial charge in [-0.15, -0.1) is 0 Å². The first-order valence-electron chi connectivity index (χ1n) is 4.68. The lowest BCUT2D eigenvalue weighted by Crippen LogP contribution is -2.24. The van der Waals surface area contributed by atoms with E-state index in [1.165, 1.54) is 7.11 Å². The zero-order chi connectivity index (χ0) is 12.0. The molecule has 86 valence electrons. The standard InChI is InChI=1S/C11H12BrNO3/c1-16-11(15)9-5-3-2-4-8(9)7-13-10(14)6-12/h2-5H,6-7H2,1H3,(H,13,14). The fraction of sp³-hybridized carbons (Fsp3) is 0.273. The number of ether oxygens (including phenoxy) is 1. The maximum absolute atomic E-state index is 11.4. The zero-order valence-electron chi connectivity index (χ0n) is 8.83. The van der Waals surface area contributed by atoms with Crippen molar-refractivity contribution in [1.29, 1.82) is 0 Å². The Kier molecular flexibility index (Phi) is 4.98. The fourth-order valence-electron chi connectivity index (χ4n) is 1.22. The molecule has 1 N–H and O–H groups in total. The van der Waals surface area contributed by atoms with Gasteiger partial charge in [0.05, 0.1) is 18.0 Å². The summed E-state index contributed by atoms with van der Waals surface area (Å²) in [5.41, 5.74) is 1.21. The third-order valence-electron chi connectivity index (χ3n) is 2.02. The highest BCUT2D eigenvalue weighted by Crippen LogP contribution is 2.09. The van der Waals surface area contributed by atoms with E-state index < -0.39 is 5.97 Å². The zero-order valence-corrected chi connectivity index (χ0v) is 10.4. The Bertz CT molecular complexity index is 393. The van der Waals surface area contributed by atoms with E-state index in [-0.39, 0.29) is 11.2 Å². The number of nitrogens with one attached hydrogen (secondary N) is 1. The molecule has 16 heavy (non-hydrogen) atoms. The first-order chi connectivity index (χ1) is 7.69. The smallest absolute Gasteiger partial charge is 0.338 e. The molecule has 0 unspecified atom stereocenters. The number of methoxy groups -OCH3 is 1. The summed E-state index contributed by atoms with van der Waals surface area (Å²) in [6.45, 7) is 0.315. The minimum absolute atomic E-state index is 0.125. The average Bonchev–Trinajstić information content (AvgIpc) is 2.35. The highest BCUT2D eigenvalue weighted by molar-refractivity contribution is 9.09. The number of amides is 1. The van der Waals surface area contributed by atoms with Gasteiger partial charge in [0.1, 0.15) is 0 Å². The van der Waals surface area contributed by atoms with Gasteiger partial charge in [-0.05, 0) is 11.6 Å². The van der Waals surface area contributed by atoms with Crippen molar-refractivity contribution in [2.45, 2.75) is 6.54 Å². The van der Waals surface area contributed by atoms with E-state index >= 15 is 0 Å². The maximum atomic E-state index is 11.4. The fourth-order valence-corrected chi connectivity index (χ4v) is 1.42. The molecule has 0 radical (unpaired) electrons. The third kappa shape index (κ3) is 3.34. The summed E-state index contributed by atoms with van der Waals surface area (Å²) >= 11 is 3.05. The van der Waals surface area contributed by atoms with Gasteiger partial charge in [-0.2, -0.15) is 0 Å². The lowest BCUT2D eigenvalue weighted by Gasteiger charge is -2.08. The summed E-state index contributed by atoms with van der Waals surface area (Å²) in [6.07, 6.45) is 0. The monoisotopic (exact) mass is 285 g/mol. The second-order valence-electron chi connectivity index (χ2n) is 3.06. The van der Waals surface area contributed by atoms with Crippen molar-refractivity contribution >= 4 is 27.8 Å². The van der Waals surface area contributed by atoms with Crippen LogP contribution in [0.4, 0.5) is 0 Å². The van der Waals surface area contributed by atoms with Gasteiger partial charge in [-0.1, -0.05) is 34.1 Å². The number of benzene rings is 1. The van der Waals surface area contributed by atoms with Crippen molar-refractivity contribution in [1.82, 2.24) is 5.32 Å². The summed E-state index contributed by atoms with van der Waals surface area (Å²) < 4.78 is 4.65. The normalized spacial score (nSPS) is 9.62. The van der Waals surface area contributed by atoms with Crippen molar-refractivity contribution in [2.75, 3.05) is 12.4 Å². The molecular weight excluding hydrogens is 274 g/mol. The SMILES string of the molecule is COC(=O)c1ccccc1CNC(=O)CBr. The molecule has 0 atom stereocenters. The van der Waals surface area contributed by atoms with Crippen molar-refractivity contribution < 1.29 is 14.3 Å². The van der Waals surface area contributed by atoms with E-state index in [1.54, 1.807) is 18.2 Å². The Hall–Kier alpha value is -1.36. The van der Waals surface area contributed by atoms with Crippen LogP contribution in [0.2, 0.25) is 0 Å². The van der Waals surface area contributed by atoms with Crippen LogP contribution < -0.4 is 5.32 Å². The van der Waals surface area contributed by atoms with E-state index in [1.807, 2.05) is 6.07 Å². The minimum Gasteiger partial charge on any atom is -0.465 e. The highest BCUT2D eigenvalue weighted by atomic mass is 79.9. The molecule has 0 aromatic heterocycles. The van der Waals surface area contributed by atoms with Gasteiger partial charge in [-0.3, -0.25) is 4.79 Å². The number of carbonyl (C=O) groups is 2. The maximum Gasteiger partial charge on any atom is 0.338 e. The molecule has 4 nitrogen and oxygen atoms in total. The topological polar surface area (TPSA) is 55.4 Å². The molecule has 0 bridgehead atoms. The quantitative estimate of drug-likeness (QED) is 0.674. The van der Waals surface area contributed by atoms with Crippen molar-refractivity contribution in [3.63, 3.8) is 0 Å². The van der Waals surface area contributed by atoms with E-state index in [0.29, 0.717) is 12.1 Å². The van der Waals surface area contributed by atoms with Crippen LogP contribution in [0.15, 0.2) is 24.3 Å². The molecular formula is C11H12BrNO3. The first-order valence-corrected chi connectivity index (χ1v) is 5.80. The van der Waals surface area contributed by atoms with Crippen molar-refractivity contribution in [3.05, 3.63) is 35.4 Å². The molecule has 0 aliphatic carbocycles.